The van der Waals surface area contributed by atoms with E-state index in [1.165, 1.54) is 0 Å². The third-order valence-electron chi connectivity index (χ3n) is 4.12. The maximum Gasteiger partial charge on any atom is 0.207 e. The van der Waals surface area contributed by atoms with Gasteiger partial charge >= 0.3 is 0 Å². The molecule has 5 nitrogen and oxygen atoms in total. The van der Waals surface area contributed by atoms with E-state index in [1.807, 2.05) is 24.3 Å². The molecule has 5 heteroatoms. The van der Waals surface area contributed by atoms with Crippen molar-refractivity contribution in [2.24, 2.45) is 0 Å². The van der Waals surface area contributed by atoms with Crippen molar-refractivity contribution in [2.45, 2.75) is 12.8 Å². The molecule has 0 saturated heterocycles. The predicted molar refractivity (Wildman–Crippen MR) is 96.5 cm³/mol. The summed E-state index contributed by atoms with van der Waals surface area (Å²) >= 11 is 0. The minimum Gasteiger partial charge on any atom is -0.507 e. The minimum absolute atomic E-state index is 0.00503. The Bertz CT molecular complexity index is 709. The number of ether oxygens (including phenoxy) is 2. The molecule has 0 aromatic heterocycles. The Balaban J connectivity index is 2.22. The Morgan fingerprint density at radius 1 is 1.08 bits per heavy atom. The number of quaternary nitrogens is 1. The number of likely N-dealkylation sites (N-methyl/N-ethyl adjacent to an activating group) is 1. The molecule has 0 aliphatic rings. The molecule has 1 N–H and O–H groups in total. The van der Waals surface area contributed by atoms with E-state index in [4.69, 9.17) is 9.47 Å². The van der Waals surface area contributed by atoms with E-state index in [2.05, 4.69) is 14.1 Å². The average Bonchev–Trinajstić information content (AvgIpc) is 2.61. The smallest absolute Gasteiger partial charge is 0.207 e. The van der Waals surface area contributed by atoms with Crippen LogP contribution in [0.5, 0.6) is 5.75 Å². The fourth-order valence-electron chi connectivity index (χ4n) is 2.82. The molecular weight excluding hydrogens is 318 g/mol. The zero-order valence-corrected chi connectivity index (χ0v) is 15.2. The van der Waals surface area contributed by atoms with E-state index in [9.17, 15) is 9.90 Å². The SMILES string of the molecule is COC(C[N+](C)(C)Cc1ccc(O)c(C(=O)c2ccccc2)c1)OC. The third-order valence-corrected chi connectivity index (χ3v) is 4.12. The van der Waals surface area contributed by atoms with Crippen molar-refractivity contribution in [2.75, 3.05) is 34.9 Å². The highest BCUT2D eigenvalue weighted by atomic mass is 16.7. The summed E-state index contributed by atoms with van der Waals surface area (Å²) < 4.78 is 11.2. The van der Waals surface area contributed by atoms with Gasteiger partial charge in [-0.05, 0) is 18.2 Å². The molecule has 0 atom stereocenters. The lowest BCUT2D eigenvalue weighted by molar-refractivity contribution is -0.909. The van der Waals surface area contributed by atoms with Crippen molar-refractivity contribution in [3.05, 3.63) is 65.2 Å². The Morgan fingerprint density at radius 2 is 1.72 bits per heavy atom. The summed E-state index contributed by atoms with van der Waals surface area (Å²) in [5.41, 5.74) is 1.84. The van der Waals surface area contributed by atoms with Crippen LogP contribution in [0.2, 0.25) is 0 Å². The van der Waals surface area contributed by atoms with Crippen LogP contribution in [0.1, 0.15) is 21.5 Å². The number of nitrogens with zero attached hydrogens (tertiary/aromatic N) is 1. The first-order chi connectivity index (χ1) is 11.9. The lowest BCUT2D eigenvalue weighted by Crippen LogP contribution is -2.45. The number of phenolic OH excluding ortho intramolecular Hbond substituents is 1. The normalized spacial score (nSPS) is 11.7. The molecule has 0 spiro atoms. The maximum absolute atomic E-state index is 12.7. The number of methoxy groups -OCH3 is 2. The number of hydrogen-bond acceptors (Lipinski definition) is 4. The molecule has 0 amide bonds. The topological polar surface area (TPSA) is 55.8 Å². The van der Waals surface area contributed by atoms with Crippen LogP contribution in [0.4, 0.5) is 0 Å². The number of ketones is 1. The molecule has 0 saturated carbocycles. The van der Waals surface area contributed by atoms with Gasteiger partial charge in [-0.3, -0.25) is 4.79 Å². The number of hydrogen-bond donors (Lipinski definition) is 1. The number of rotatable bonds is 8. The summed E-state index contributed by atoms with van der Waals surface area (Å²) in [6.07, 6.45) is -0.294. The van der Waals surface area contributed by atoms with Crippen molar-refractivity contribution < 1.29 is 23.9 Å². The largest absolute Gasteiger partial charge is 0.507 e. The van der Waals surface area contributed by atoms with Crippen LogP contribution in [0.15, 0.2) is 48.5 Å². The third kappa shape index (κ3) is 5.13. The van der Waals surface area contributed by atoms with Gasteiger partial charge in [-0.15, -0.1) is 0 Å². The van der Waals surface area contributed by atoms with Crippen molar-refractivity contribution in [1.82, 2.24) is 0 Å². The lowest BCUT2D eigenvalue weighted by atomic mass is 10.00. The van der Waals surface area contributed by atoms with E-state index in [-0.39, 0.29) is 17.8 Å². The molecule has 0 aliphatic carbocycles. The molecule has 134 valence electrons. The molecule has 0 bridgehead atoms. The summed E-state index contributed by atoms with van der Waals surface area (Å²) in [6.45, 7) is 1.34. The zero-order valence-electron chi connectivity index (χ0n) is 15.2. The summed E-state index contributed by atoms with van der Waals surface area (Å²) in [5, 5.41) is 10.1. The van der Waals surface area contributed by atoms with Crippen LogP contribution in [-0.2, 0) is 16.0 Å². The van der Waals surface area contributed by atoms with E-state index in [0.29, 0.717) is 28.7 Å². The van der Waals surface area contributed by atoms with Crippen molar-refractivity contribution in [3.8, 4) is 5.75 Å². The van der Waals surface area contributed by atoms with Crippen molar-refractivity contribution >= 4 is 5.78 Å². The van der Waals surface area contributed by atoms with Gasteiger partial charge in [-0.25, -0.2) is 0 Å². The van der Waals surface area contributed by atoms with Gasteiger partial charge in [0, 0.05) is 25.3 Å². The zero-order chi connectivity index (χ0) is 18.4. The highest BCUT2D eigenvalue weighted by molar-refractivity contribution is 6.10. The second-order valence-corrected chi connectivity index (χ2v) is 6.72. The molecule has 2 aromatic rings. The van der Waals surface area contributed by atoms with Crippen LogP contribution in [0, 0.1) is 0 Å². The average molecular weight is 344 g/mol. The first kappa shape index (κ1) is 19.1. The highest BCUT2D eigenvalue weighted by Gasteiger charge is 2.23. The minimum atomic E-state index is -0.294. The van der Waals surface area contributed by atoms with Crippen LogP contribution < -0.4 is 0 Å². The number of carbonyl (C=O) groups excluding carboxylic acids is 1. The Labute approximate surface area is 149 Å². The fraction of sp³-hybridized carbons (Fsp3) is 0.350. The van der Waals surface area contributed by atoms with Gasteiger partial charge in [-0.1, -0.05) is 30.3 Å². The van der Waals surface area contributed by atoms with Gasteiger partial charge < -0.3 is 19.1 Å². The quantitative estimate of drug-likeness (QED) is 0.454. The van der Waals surface area contributed by atoms with Crippen LogP contribution in [-0.4, -0.2) is 56.5 Å². The summed E-state index contributed by atoms with van der Waals surface area (Å²) in [4.78, 5) is 12.7. The van der Waals surface area contributed by atoms with Crippen LogP contribution in [0.3, 0.4) is 0 Å². The van der Waals surface area contributed by atoms with Gasteiger partial charge in [0.1, 0.15) is 18.8 Å². The molecule has 0 radical (unpaired) electrons. The van der Waals surface area contributed by atoms with Gasteiger partial charge in [0.25, 0.3) is 0 Å². The molecule has 2 rings (SSSR count). The standard InChI is InChI=1S/C20H25NO4/c1-21(2,14-19(24-3)25-4)13-15-10-11-18(22)17(12-15)20(23)16-8-6-5-7-9-16/h5-12,19H,13-14H2,1-4H3/p+1. The first-order valence-corrected chi connectivity index (χ1v) is 8.15. The first-order valence-electron chi connectivity index (χ1n) is 8.15. The Hall–Kier alpha value is -2.21. The summed E-state index contributed by atoms with van der Waals surface area (Å²) in [6, 6.07) is 14.1. The maximum atomic E-state index is 12.7. The molecule has 2 aromatic carbocycles. The van der Waals surface area contributed by atoms with Gasteiger partial charge in [0.05, 0.1) is 19.7 Å². The summed E-state index contributed by atoms with van der Waals surface area (Å²) in [5.74, 6) is -0.188. The lowest BCUT2D eigenvalue weighted by Gasteiger charge is -2.32. The van der Waals surface area contributed by atoms with E-state index < -0.39 is 0 Å². The van der Waals surface area contributed by atoms with Crippen molar-refractivity contribution in [3.63, 3.8) is 0 Å². The van der Waals surface area contributed by atoms with Crippen LogP contribution >= 0.6 is 0 Å². The number of carbonyl (C=O) groups is 1. The fourth-order valence-corrected chi connectivity index (χ4v) is 2.82. The molecule has 0 unspecified atom stereocenters. The summed E-state index contributed by atoms with van der Waals surface area (Å²) in [7, 11) is 7.36. The van der Waals surface area contributed by atoms with Crippen molar-refractivity contribution in [1.29, 1.82) is 0 Å². The molecule has 0 fully saturated rings. The van der Waals surface area contributed by atoms with Gasteiger partial charge in [-0.2, -0.15) is 0 Å². The Kier molecular flexibility index (Phi) is 6.31. The number of benzene rings is 2. The van der Waals surface area contributed by atoms with Gasteiger partial charge in [0.2, 0.25) is 6.29 Å². The van der Waals surface area contributed by atoms with Gasteiger partial charge in [0.15, 0.2) is 5.78 Å². The molecule has 25 heavy (non-hydrogen) atoms. The van der Waals surface area contributed by atoms with Crippen LogP contribution in [0.25, 0.3) is 0 Å². The Morgan fingerprint density at radius 3 is 2.32 bits per heavy atom. The molecule has 0 aliphatic heterocycles. The van der Waals surface area contributed by atoms with E-state index in [0.717, 1.165) is 5.56 Å². The number of phenols is 1. The van der Waals surface area contributed by atoms with E-state index >= 15 is 0 Å². The highest BCUT2D eigenvalue weighted by Crippen LogP contribution is 2.23. The second kappa shape index (κ2) is 8.25. The molecular formula is C20H26NO4+. The van der Waals surface area contributed by atoms with E-state index in [1.54, 1.807) is 38.5 Å². The molecule has 0 heterocycles. The predicted octanol–water partition coefficient (Wildman–Crippen LogP) is 2.82. The second-order valence-electron chi connectivity index (χ2n) is 6.72. The monoisotopic (exact) mass is 344 g/mol. The number of aromatic hydroxyl groups is 1.